The molecular weight excluding hydrogens is 487 g/mol. The summed E-state index contributed by atoms with van der Waals surface area (Å²) in [6, 6.07) is 8.10. The lowest BCUT2D eigenvalue weighted by Crippen LogP contribution is -2.25. The number of pyridine rings is 1. The van der Waals surface area contributed by atoms with Crippen LogP contribution < -0.4 is 20.3 Å². The number of hydrogen-bond acceptors (Lipinski definition) is 8. The summed E-state index contributed by atoms with van der Waals surface area (Å²) in [5.41, 5.74) is 1.13. The lowest BCUT2D eigenvalue weighted by Gasteiger charge is -2.17. The molecule has 1 aromatic carbocycles. The minimum absolute atomic E-state index is 0.0938. The number of sulfonamides is 1. The molecule has 0 fully saturated rings. The van der Waals surface area contributed by atoms with Gasteiger partial charge in [-0.25, -0.2) is 18.4 Å². The number of nitrogens with one attached hydrogen (secondary N) is 3. The third kappa shape index (κ3) is 5.42. The number of halogens is 3. The van der Waals surface area contributed by atoms with Crippen LogP contribution in [0.4, 0.5) is 42.1 Å². The van der Waals surface area contributed by atoms with E-state index in [2.05, 4.69) is 30.9 Å². The van der Waals surface area contributed by atoms with Crippen molar-refractivity contribution in [3.05, 3.63) is 59.4 Å². The van der Waals surface area contributed by atoms with E-state index in [1.807, 2.05) is 0 Å². The fraction of sp³-hybridized carbons (Fsp3) is 0.238. The average molecular weight is 507 g/mol. The number of fused-ring (bicyclic) bond motifs is 1. The molecular formula is C21H20F3N7O3S. The van der Waals surface area contributed by atoms with Gasteiger partial charge in [0.15, 0.2) is 0 Å². The molecule has 3 N–H and O–H groups in total. The van der Waals surface area contributed by atoms with Gasteiger partial charge in [-0.05, 0) is 29.3 Å². The van der Waals surface area contributed by atoms with E-state index < -0.39 is 27.6 Å². The van der Waals surface area contributed by atoms with Crippen molar-refractivity contribution in [2.24, 2.45) is 0 Å². The Morgan fingerprint density at radius 2 is 1.97 bits per heavy atom. The highest BCUT2D eigenvalue weighted by molar-refractivity contribution is 7.92. The molecule has 3 heterocycles. The van der Waals surface area contributed by atoms with Crippen LogP contribution >= 0.6 is 0 Å². The van der Waals surface area contributed by atoms with Crippen molar-refractivity contribution < 1.29 is 26.4 Å². The minimum Gasteiger partial charge on any atom is -0.365 e. The van der Waals surface area contributed by atoms with E-state index in [0.717, 1.165) is 16.1 Å². The number of alkyl halides is 3. The van der Waals surface area contributed by atoms with Crippen LogP contribution in [0, 0.1) is 0 Å². The molecule has 1 aliphatic heterocycles. The fourth-order valence-corrected chi connectivity index (χ4v) is 3.80. The molecule has 35 heavy (non-hydrogen) atoms. The van der Waals surface area contributed by atoms with Crippen molar-refractivity contribution >= 4 is 44.9 Å². The Morgan fingerprint density at radius 3 is 2.69 bits per heavy atom. The van der Waals surface area contributed by atoms with E-state index >= 15 is 0 Å². The summed E-state index contributed by atoms with van der Waals surface area (Å²) < 4.78 is 65.2. The van der Waals surface area contributed by atoms with Crippen LogP contribution in [0.1, 0.15) is 16.7 Å². The molecule has 0 saturated carbocycles. The van der Waals surface area contributed by atoms with E-state index in [1.54, 1.807) is 18.2 Å². The van der Waals surface area contributed by atoms with Gasteiger partial charge in [-0.3, -0.25) is 9.10 Å². The quantitative estimate of drug-likeness (QED) is 0.445. The zero-order valence-corrected chi connectivity index (χ0v) is 19.3. The largest absolute Gasteiger partial charge is 0.421 e. The summed E-state index contributed by atoms with van der Waals surface area (Å²) in [4.78, 5) is 23.5. The third-order valence-electron chi connectivity index (χ3n) is 5.20. The maximum Gasteiger partial charge on any atom is 0.421 e. The van der Waals surface area contributed by atoms with Gasteiger partial charge in [-0.15, -0.1) is 0 Å². The number of nitrogens with zero attached hydrogens (tertiary/aromatic N) is 4. The molecule has 3 aromatic rings. The number of amides is 1. The van der Waals surface area contributed by atoms with Crippen molar-refractivity contribution in [3.63, 3.8) is 0 Å². The second-order valence-electron chi connectivity index (χ2n) is 7.75. The average Bonchev–Trinajstić information content (AvgIpc) is 3.17. The smallest absolute Gasteiger partial charge is 0.365 e. The van der Waals surface area contributed by atoms with Crippen molar-refractivity contribution in [1.82, 2.24) is 15.0 Å². The first-order valence-corrected chi connectivity index (χ1v) is 12.0. The Labute approximate surface area is 198 Å². The van der Waals surface area contributed by atoms with E-state index in [0.29, 0.717) is 23.1 Å². The maximum absolute atomic E-state index is 13.6. The van der Waals surface area contributed by atoms with Gasteiger partial charge in [0.25, 0.3) is 0 Å². The number of carbonyl (C=O) groups is 1. The third-order valence-corrected chi connectivity index (χ3v) is 6.38. The molecule has 0 bridgehead atoms. The number of rotatable bonds is 7. The van der Waals surface area contributed by atoms with E-state index in [4.69, 9.17) is 0 Å². The van der Waals surface area contributed by atoms with E-state index in [9.17, 15) is 26.4 Å². The molecule has 4 rings (SSSR count). The molecule has 0 radical (unpaired) electrons. The van der Waals surface area contributed by atoms with Crippen molar-refractivity contribution in [1.29, 1.82) is 0 Å². The van der Waals surface area contributed by atoms with Gasteiger partial charge in [-0.1, -0.05) is 12.1 Å². The van der Waals surface area contributed by atoms with Crippen LogP contribution in [0.5, 0.6) is 0 Å². The predicted octanol–water partition coefficient (Wildman–Crippen LogP) is 3.14. The molecule has 2 aromatic heterocycles. The standard InChI is InChI=1S/C21H20F3N7O3S/c1-31(35(2,33)34)16-8-12(6-7-25-16)10-26-19-14(21(22,23)24)11-27-20(30-19)28-15-5-3-4-13-9-17(32)29-18(13)15/h3-8,11H,9-10H2,1-2H3,(H,29,32)(H2,26,27,28,30). The molecule has 0 aliphatic carbocycles. The molecule has 10 nitrogen and oxygen atoms in total. The van der Waals surface area contributed by atoms with Crippen LogP contribution in [-0.2, 0) is 34.0 Å². The number of aromatic nitrogens is 3. The molecule has 0 saturated heterocycles. The van der Waals surface area contributed by atoms with Gasteiger partial charge < -0.3 is 16.0 Å². The summed E-state index contributed by atoms with van der Waals surface area (Å²) >= 11 is 0. The number of para-hydroxylation sites is 1. The lowest BCUT2D eigenvalue weighted by atomic mass is 10.1. The summed E-state index contributed by atoms with van der Waals surface area (Å²) in [6.07, 6.45) is -1.49. The van der Waals surface area contributed by atoms with Crippen LogP contribution in [0.3, 0.4) is 0 Å². The number of carbonyl (C=O) groups excluding carboxylic acids is 1. The second-order valence-corrected chi connectivity index (χ2v) is 9.76. The zero-order valence-electron chi connectivity index (χ0n) is 18.5. The summed E-state index contributed by atoms with van der Waals surface area (Å²) in [7, 11) is -2.24. The minimum atomic E-state index is -4.72. The van der Waals surface area contributed by atoms with Gasteiger partial charge >= 0.3 is 6.18 Å². The van der Waals surface area contributed by atoms with Crippen molar-refractivity contribution in [2.75, 3.05) is 33.6 Å². The molecule has 14 heteroatoms. The monoisotopic (exact) mass is 507 g/mol. The van der Waals surface area contributed by atoms with Gasteiger partial charge in [0.2, 0.25) is 21.9 Å². The first-order valence-electron chi connectivity index (χ1n) is 10.2. The van der Waals surface area contributed by atoms with Gasteiger partial charge in [0.05, 0.1) is 24.1 Å². The summed E-state index contributed by atoms with van der Waals surface area (Å²) in [6.45, 7) is -0.0938. The van der Waals surface area contributed by atoms with Gasteiger partial charge in [0.1, 0.15) is 17.2 Å². The van der Waals surface area contributed by atoms with E-state index in [-0.39, 0.29) is 30.6 Å². The van der Waals surface area contributed by atoms with Crippen LogP contribution in [0.15, 0.2) is 42.7 Å². The summed E-state index contributed by atoms with van der Waals surface area (Å²) in [5, 5.41) is 8.21. The molecule has 184 valence electrons. The Bertz CT molecular complexity index is 1400. The van der Waals surface area contributed by atoms with Crippen LogP contribution in [0.25, 0.3) is 0 Å². The highest BCUT2D eigenvalue weighted by atomic mass is 32.2. The SMILES string of the molecule is CN(c1cc(CNc2nc(Nc3cccc4c3NC(=O)C4)ncc2C(F)(F)F)ccn1)S(C)(=O)=O. The lowest BCUT2D eigenvalue weighted by molar-refractivity contribution is -0.137. The topological polar surface area (TPSA) is 129 Å². The highest BCUT2D eigenvalue weighted by Gasteiger charge is 2.35. The van der Waals surface area contributed by atoms with Crippen molar-refractivity contribution in [2.45, 2.75) is 19.1 Å². The van der Waals surface area contributed by atoms with E-state index in [1.165, 1.54) is 25.4 Å². The van der Waals surface area contributed by atoms with Gasteiger partial charge in [0, 0.05) is 26.0 Å². The normalized spacial score (nSPS) is 13.2. The summed E-state index contributed by atoms with van der Waals surface area (Å²) in [5.74, 6) is -0.653. The first-order chi connectivity index (χ1) is 16.4. The Balaban J connectivity index is 1.60. The van der Waals surface area contributed by atoms with Crippen molar-refractivity contribution in [3.8, 4) is 0 Å². The zero-order chi connectivity index (χ0) is 25.4. The molecule has 1 aliphatic rings. The Hall–Kier alpha value is -3.94. The first kappa shape index (κ1) is 24.2. The molecule has 0 spiro atoms. The Kier molecular flexibility index (Phi) is 6.23. The van der Waals surface area contributed by atoms with Crippen LogP contribution in [0.2, 0.25) is 0 Å². The molecule has 1 amide bonds. The van der Waals surface area contributed by atoms with Crippen LogP contribution in [-0.4, -0.2) is 42.6 Å². The number of hydrogen-bond donors (Lipinski definition) is 3. The molecule has 0 atom stereocenters. The maximum atomic E-state index is 13.6. The highest BCUT2D eigenvalue weighted by Crippen LogP contribution is 2.36. The molecule has 0 unspecified atom stereocenters. The predicted molar refractivity (Wildman–Crippen MR) is 124 cm³/mol. The van der Waals surface area contributed by atoms with Gasteiger partial charge in [-0.2, -0.15) is 18.2 Å². The number of benzene rings is 1. The Morgan fingerprint density at radius 1 is 1.20 bits per heavy atom. The second kappa shape index (κ2) is 9.02. The fourth-order valence-electron chi connectivity index (χ4n) is 3.36. The number of anilines is 5.